The fourth-order valence-electron chi connectivity index (χ4n) is 5.38. The molecule has 168 valence electrons. The summed E-state index contributed by atoms with van der Waals surface area (Å²) >= 11 is 0. The van der Waals surface area contributed by atoms with Crippen LogP contribution < -0.4 is 15.6 Å². The highest BCUT2D eigenvalue weighted by atomic mass is 19.1. The van der Waals surface area contributed by atoms with Gasteiger partial charge in [-0.1, -0.05) is 6.92 Å². The van der Waals surface area contributed by atoms with Gasteiger partial charge in [-0.05, 0) is 37.8 Å². The molecule has 9 heteroatoms. The molecule has 2 saturated carbocycles. The van der Waals surface area contributed by atoms with Crippen molar-refractivity contribution in [1.82, 2.24) is 9.88 Å². The van der Waals surface area contributed by atoms with E-state index in [2.05, 4.69) is 12.2 Å². The standard InChI is InChI=1S/C23H24F2N4O3/c1-2-27-23(4-5-23)12-3-6-28(10-12)20-14(9-26)19-13(7-17(20)25)21(30)15(22(31)32)11-29(19)18-8-16(18)24/h7,11-12,16,18,27H,2-6,8,10H2,1H3,(H,31,32). The lowest BCUT2D eigenvalue weighted by Crippen LogP contribution is -2.40. The topological polar surface area (TPSA) is 98.4 Å². The molecule has 2 aliphatic carbocycles. The minimum absolute atomic E-state index is 0.0397. The van der Waals surface area contributed by atoms with Crippen LogP contribution in [0.5, 0.6) is 0 Å². The zero-order chi connectivity index (χ0) is 22.8. The maximum absolute atomic E-state index is 15.4. The highest BCUT2D eigenvalue weighted by Crippen LogP contribution is 2.48. The molecule has 3 unspecified atom stereocenters. The first kappa shape index (κ1) is 20.9. The van der Waals surface area contributed by atoms with Crippen LogP contribution in [0.25, 0.3) is 10.9 Å². The third kappa shape index (κ3) is 3.08. The van der Waals surface area contributed by atoms with Gasteiger partial charge in [-0.15, -0.1) is 0 Å². The number of anilines is 1. The van der Waals surface area contributed by atoms with Crippen molar-refractivity contribution in [3.63, 3.8) is 0 Å². The lowest BCUT2D eigenvalue weighted by Gasteiger charge is -2.26. The first-order chi connectivity index (χ1) is 15.3. The van der Waals surface area contributed by atoms with Crippen LogP contribution in [0.3, 0.4) is 0 Å². The molecule has 0 amide bonds. The van der Waals surface area contributed by atoms with Crippen molar-refractivity contribution in [3.8, 4) is 6.07 Å². The summed E-state index contributed by atoms with van der Waals surface area (Å²) in [6, 6.07) is 2.38. The van der Waals surface area contributed by atoms with E-state index in [0.29, 0.717) is 19.0 Å². The smallest absolute Gasteiger partial charge is 0.341 e. The number of carboxylic acids is 1. The number of alkyl halides is 1. The van der Waals surface area contributed by atoms with Gasteiger partial charge in [0.15, 0.2) is 0 Å². The fourth-order valence-corrected chi connectivity index (χ4v) is 5.38. The van der Waals surface area contributed by atoms with E-state index in [1.165, 1.54) is 4.57 Å². The Hall–Kier alpha value is -2.99. The fraction of sp³-hybridized carbons (Fsp3) is 0.522. The van der Waals surface area contributed by atoms with Crippen LogP contribution in [0, 0.1) is 23.1 Å². The molecule has 7 nitrogen and oxygen atoms in total. The van der Waals surface area contributed by atoms with Crippen molar-refractivity contribution >= 4 is 22.6 Å². The number of nitriles is 1. The third-order valence-electron chi connectivity index (χ3n) is 7.23. The van der Waals surface area contributed by atoms with Crippen molar-refractivity contribution in [1.29, 1.82) is 5.26 Å². The quantitative estimate of drug-likeness (QED) is 0.714. The van der Waals surface area contributed by atoms with Gasteiger partial charge in [0.25, 0.3) is 0 Å². The van der Waals surface area contributed by atoms with E-state index in [0.717, 1.165) is 38.1 Å². The van der Waals surface area contributed by atoms with Gasteiger partial charge in [-0.2, -0.15) is 5.26 Å². The Balaban J connectivity index is 1.66. The molecule has 0 spiro atoms. The summed E-state index contributed by atoms with van der Waals surface area (Å²) < 4.78 is 30.7. The van der Waals surface area contributed by atoms with Crippen LogP contribution in [-0.2, 0) is 0 Å². The molecule has 32 heavy (non-hydrogen) atoms. The molecule has 3 aliphatic rings. The number of carboxylic acid groups (broad SMARTS) is 1. The van der Waals surface area contributed by atoms with Crippen molar-refractivity contribution in [2.24, 2.45) is 5.92 Å². The van der Waals surface area contributed by atoms with E-state index in [-0.39, 0.29) is 34.1 Å². The number of nitrogens with zero attached hydrogens (tertiary/aromatic N) is 3. The Morgan fingerprint density at radius 2 is 2.16 bits per heavy atom. The van der Waals surface area contributed by atoms with Crippen LogP contribution in [0.4, 0.5) is 14.5 Å². The minimum atomic E-state index is -1.47. The molecule has 1 aliphatic heterocycles. The number of aromatic nitrogens is 1. The van der Waals surface area contributed by atoms with Gasteiger partial charge in [0.2, 0.25) is 5.43 Å². The third-order valence-corrected chi connectivity index (χ3v) is 7.23. The number of hydrogen-bond acceptors (Lipinski definition) is 5. The number of rotatable bonds is 6. The summed E-state index contributed by atoms with van der Waals surface area (Å²) in [7, 11) is 0. The van der Waals surface area contributed by atoms with Crippen molar-refractivity contribution < 1.29 is 18.7 Å². The number of fused-ring (bicyclic) bond motifs is 1. The number of pyridine rings is 1. The zero-order valence-corrected chi connectivity index (χ0v) is 17.7. The predicted molar refractivity (Wildman–Crippen MR) is 114 cm³/mol. The number of benzene rings is 1. The molecule has 0 bridgehead atoms. The highest BCUT2D eigenvalue weighted by Gasteiger charge is 2.51. The van der Waals surface area contributed by atoms with Crippen LogP contribution in [0.2, 0.25) is 0 Å². The molecule has 2 N–H and O–H groups in total. The first-order valence-electron chi connectivity index (χ1n) is 11.0. The SMILES string of the molecule is CCNC1(C2CCN(c3c(F)cc4c(=O)c(C(=O)O)cn(C5CC5F)c4c3C#N)C2)CC1. The van der Waals surface area contributed by atoms with Crippen molar-refractivity contribution in [2.75, 3.05) is 24.5 Å². The number of hydrogen-bond donors (Lipinski definition) is 2. The maximum Gasteiger partial charge on any atom is 0.341 e. The highest BCUT2D eigenvalue weighted by molar-refractivity contribution is 5.96. The molecule has 3 fully saturated rings. The zero-order valence-electron chi connectivity index (χ0n) is 17.7. The molecule has 5 rings (SSSR count). The molecule has 3 atom stereocenters. The van der Waals surface area contributed by atoms with E-state index in [9.17, 15) is 24.3 Å². The number of halogens is 2. The Bertz CT molecular complexity index is 1230. The second kappa shape index (κ2) is 7.27. The molecule has 0 radical (unpaired) electrons. The second-order valence-electron chi connectivity index (χ2n) is 9.11. The van der Waals surface area contributed by atoms with E-state index in [1.54, 1.807) is 0 Å². The predicted octanol–water partition coefficient (Wildman–Crippen LogP) is 2.96. The summed E-state index contributed by atoms with van der Waals surface area (Å²) in [4.78, 5) is 26.2. The van der Waals surface area contributed by atoms with Gasteiger partial charge < -0.3 is 19.9 Å². The van der Waals surface area contributed by atoms with Gasteiger partial charge in [0.05, 0.1) is 22.6 Å². The molecule has 1 aromatic heterocycles. The number of carbonyl (C=O) groups is 1. The van der Waals surface area contributed by atoms with E-state index < -0.39 is 35.0 Å². The van der Waals surface area contributed by atoms with Crippen LogP contribution in [-0.4, -0.2) is 47.0 Å². The summed E-state index contributed by atoms with van der Waals surface area (Å²) in [5, 5.41) is 22.8. The largest absolute Gasteiger partial charge is 0.477 e. The molecular weight excluding hydrogens is 418 g/mol. The van der Waals surface area contributed by atoms with Crippen LogP contribution in [0.15, 0.2) is 17.1 Å². The summed E-state index contributed by atoms with van der Waals surface area (Å²) in [5.74, 6) is -1.88. The molecular formula is C23H24F2N4O3. The molecule has 1 aromatic carbocycles. The van der Waals surface area contributed by atoms with Crippen LogP contribution in [0.1, 0.15) is 54.6 Å². The Kier molecular flexibility index (Phi) is 4.75. The summed E-state index contributed by atoms with van der Waals surface area (Å²) in [6.07, 6.45) is 3.05. The summed E-state index contributed by atoms with van der Waals surface area (Å²) in [5.41, 5.74) is -1.18. The molecule has 2 aromatic rings. The molecule has 2 heterocycles. The Labute approximate surface area is 183 Å². The normalized spacial score (nSPS) is 25.7. The minimum Gasteiger partial charge on any atom is -0.477 e. The summed E-state index contributed by atoms with van der Waals surface area (Å²) in [6.45, 7) is 4.07. The van der Waals surface area contributed by atoms with Gasteiger partial charge >= 0.3 is 5.97 Å². The Morgan fingerprint density at radius 1 is 1.44 bits per heavy atom. The Morgan fingerprint density at radius 3 is 2.72 bits per heavy atom. The van der Waals surface area contributed by atoms with Gasteiger partial charge in [0, 0.05) is 31.2 Å². The number of nitrogens with one attached hydrogen (secondary N) is 1. The van der Waals surface area contributed by atoms with E-state index >= 15 is 4.39 Å². The molecule has 1 saturated heterocycles. The second-order valence-corrected chi connectivity index (χ2v) is 9.11. The first-order valence-corrected chi connectivity index (χ1v) is 11.0. The van der Waals surface area contributed by atoms with E-state index in [1.807, 2.05) is 11.0 Å². The average Bonchev–Trinajstić information content (AvgIpc) is 3.64. The van der Waals surface area contributed by atoms with Gasteiger partial charge in [-0.25, -0.2) is 13.6 Å². The van der Waals surface area contributed by atoms with Gasteiger partial charge in [0.1, 0.15) is 29.2 Å². The monoisotopic (exact) mass is 442 g/mol. The van der Waals surface area contributed by atoms with Crippen LogP contribution >= 0.6 is 0 Å². The van der Waals surface area contributed by atoms with Crippen molar-refractivity contribution in [2.45, 2.75) is 50.4 Å². The van der Waals surface area contributed by atoms with E-state index in [4.69, 9.17) is 0 Å². The number of aromatic carboxylic acids is 1. The maximum atomic E-state index is 15.4. The average molecular weight is 442 g/mol. The van der Waals surface area contributed by atoms with Crippen molar-refractivity contribution in [3.05, 3.63) is 39.4 Å². The lowest BCUT2D eigenvalue weighted by molar-refractivity contribution is 0.0694. The lowest BCUT2D eigenvalue weighted by atomic mass is 9.96. The van der Waals surface area contributed by atoms with Gasteiger partial charge in [-0.3, -0.25) is 4.79 Å².